The number of aliphatic carboxylic acids is 1. The summed E-state index contributed by atoms with van der Waals surface area (Å²) >= 11 is 6.21. The van der Waals surface area contributed by atoms with Crippen molar-refractivity contribution < 1.29 is 14.6 Å². The second-order valence-electron chi connectivity index (χ2n) is 6.28. The first-order chi connectivity index (χ1) is 11.0. The maximum atomic E-state index is 10.9. The van der Waals surface area contributed by atoms with E-state index in [0.717, 1.165) is 31.5 Å². The van der Waals surface area contributed by atoms with E-state index in [-0.39, 0.29) is 18.9 Å². The standard InChI is InChI=1S/C17H25ClN2O3/c1-20-6-4-12(5-7-20)11-23-16-8-13(2-3-15(16)18)14(10-19)9-17(21)22/h2-3,8,12,14H,4-7,9-11,19H2,1H3,(H,21,22)/t14-/m0/s1. The largest absolute Gasteiger partial charge is 0.492 e. The summed E-state index contributed by atoms with van der Waals surface area (Å²) in [5.74, 6) is 0.0711. The Balaban J connectivity index is 2.00. The molecule has 1 atom stereocenters. The molecule has 5 nitrogen and oxygen atoms in total. The Hall–Kier alpha value is -1.30. The van der Waals surface area contributed by atoms with Crippen molar-refractivity contribution in [2.24, 2.45) is 11.7 Å². The van der Waals surface area contributed by atoms with Crippen molar-refractivity contribution in [3.8, 4) is 5.75 Å². The number of rotatable bonds is 7. The highest BCUT2D eigenvalue weighted by Gasteiger charge is 2.19. The lowest BCUT2D eigenvalue weighted by Gasteiger charge is -2.29. The number of nitrogens with two attached hydrogens (primary N) is 1. The summed E-state index contributed by atoms with van der Waals surface area (Å²) in [6.07, 6.45) is 2.25. The summed E-state index contributed by atoms with van der Waals surface area (Å²) in [5, 5.41) is 9.53. The van der Waals surface area contributed by atoms with E-state index in [4.69, 9.17) is 27.2 Å². The van der Waals surface area contributed by atoms with Crippen LogP contribution in [0.3, 0.4) is 0 Å². The molecular weight excluding hydrogens is 316 g/mol. The Morgan fingerprint density at radius 3 is 2.78 bits per heavy atom. The molecule has 1 saturated heterocycles. The molecular formula is C17H25ClN2O3. The Morgan fingerprint density at radius 1 is 1.48 bits per heavy atom. The van der Waals surface area contributed by atoms with Gasteiger partial charge in [0.25, 0.3) is 0 Å². The van der Waals surface area contributed by atoms with Crippen LogP contribution in [-0.4, -0.2) is 49.3 Å². The summed E-state index contributed by atoms with van der Waals surface area (Å²) in [5.41, 5.74) is 6.56. The van der Waals surface area contributed by atoms with Crippen molar-refractivity contribution in [1.82, 2.24) is 4.90 Å². The Morgan fingerprint density at radius 2 is 2.17 bits per heavy atom. The molecule has 0 aliphatic carbocycles. The first-order valence-electron chi connectivity index (χ1n) is 8.02. The number of hydrogen-bond donors (Lipinski definition) is 2. The predicted octanol–water partition coefficient (Wildman–Crippen LogP) is 2.58. The SMILES string of the molecule is CN1CCC(COc2cc([C@H](CN)CC(=O)O)ccc2Cl)CC1. The molecule has 1 aromatic carbocycles. The number of carboxylic acids is 1. The van der Waals surface area contributed by atoms with Crippen LogP contribution in [0.1, 0.15) is 30.7 Å². The van der Waals surface area contributed by atoms with E-state index in [9.17, 15) is 4.79 Å². The Kier molecular flexibility index (Phi) is 6.69. The van der Waals surface area contributed by atoms with Crippen LogP contribution in [-0.2, 0) is 4.79 Å². The molecule has 1 fully saturated rings. The lowest BCUT2D eigenvalue weighted by molar-refractivity contribution is -0.137. The van der Waals surface area contributed by atoms with Crippen LogP contribution in [0, 0.1) is 5.92 Å². The highest BCUT2D eigenvalue weighted by Crippen LogP contribution is 2.31. The minimum atomic E-state index is -0.857. The first-order valence-corrected chi connectivity index (χ1v) is 8.40. The maximum Gasteiger partial charge on any atom is 0.304 e. The number of ether oxygens (including phenoxy) is 1. The van der Waals surface area contributed by atoms with Gasteiger partial charge in [0.15, 0.2) is 0 Å². The van der Waals surface area contributed by atoms with E-state index < -0.39 is 5.97 Å². The highest BCUT2D eigenvalue weighted by atomic mass is 35.5. The van der Waals surface area contributed by atoms with Gasteiger partial charge < -0.3 is 20.5 Å². The molecule has 2 rings (SSSR count). The topological polar surface area (TPSA) is 75.8 Å². The smallest absolute Gasteiger partial charge is 0.304 e. The van der Waals surface area contributed by atoms with Crippen molar-refractivity contribution in [3.63, 3.8) is 0 Å². The first kappa shape index (κ1) is 18.0. The van der Waals surface area contributed by atoms with Gasteiger partial charge in [0, 0.05) is 5.92 Å². The molecule has 23 heavy (non-hydrogen) atoms. The normalized spacial score (nSPS) is 17.9. The molecule has 1 aromatic rings. The van der Waals surface area contributed by atoms with E-state index in [1.54, 1.807) is 6.07 Å². The minimum Gasteiger partial charge on any atom is -0.492 e. The molecule has 0 spiro atoms. The van der Waals surface area contributed by atoms with Gasteiger partial charge in [-0.3, -0.25) is 4.79 Å². The van der Waals surface area contributed by atoms with Crippen LogP contribution in [0.15, 0.2) is 18.2 Å². The summed E-state index contributed by atoms with van der Waals surface area (Å²) in [6.45, 7) is 3.11. The molecule has 6 heteroatoms. The third-order valence-corrected chi connectivity index (χ3v) is 4.76. The lowest BCUT2D eigenvalue weighted by atomic mass is 9.95. The number of hydrogen-bond acceptors (Lipinski definition) is 4. The monoisotopic (exact) mass is 340 g/mol. The van der Waals surface area contributed by atoms with Gasteiger partial charge in [0.1, 0.15) is 5.75 Å². The van der Waals surface area contributed by atoms with Crippen LogP contribution in [0.25, 0.3) is 0 Å². The molecule has 1 heterocycles. The van der Waals surface area contributed by atoms with E-state index in [1.165, 1.54) is 0 Å². The van der Waals surface area contributed by atoms with Crippen molar-refractivity contribution in [2.45, 2.75) is 25.2 Å². The third kappa shape index (κ3) is 5.37. The average molecular weight is 341 g/mol. The van der Waals surface area contributed by atoms with Crippen molar-refractivity contribution in [1.29, 1.82) is 0 Å². The number of piperidine rings is 1. The lowest BCUT2D eigenvalue weighted by Crippen LogP contribution is -2.32. The second-order valence-corrected chi connectivity index (χ2v) is 6.69. The van der Waals surface area contributed by atoms with Gasteiger partial charge in [-0.15, -0.1) is 0 Å². The van der Waals surface area contributed by atoms with E-state index in [0.29, 0.717) is 23.3 Å². The number of halogens is 1. The van der Waals surface area contributed by atoms with Gasteiger partial charge in [-0.2, -0.15) is 0 Å². The molecule has 128 valence electrons. The fourth-order valence-electron chi connectivity index (χ4n) is 2.87. The fourth-order valence-corrected chi connectivity index (χ4v) is 3.04. The van der Waals surface area contributed by atoms with Crippen LogP contribution in [0.2, 0.25) is 5.02 Å². The quantitative estimate of drug-likeness (QED) is 0.798. The van der Waals surface area contributed by atoms with Gasteiger partial charge in [-0.05, 0) is 63.1 Å². The zero-order valence-corrected chi connectivity index (χ0v) is 14.3. The zero-order valence-electron chi connectivity index (χ0n) is 13.5. The van der Waals surface area contributed by atoms with Gasteiger partial charge in [-0.1, -0.05) is 17.7 Å². The molecule has 1 aliphatic heterocycles. The summed E-state index contributed by atoms with van der Waals surface area (Å²) < 4.78 is 5.91. The molecule has 0 amide bonds. The van der Waals surface area contributed by atoms with Crippen LogP contribution in [0.4, 0.5) is 0 Å². The minimum absolute atomic E-state index is 0.00648. The molecule has 0 bridgehead atoms. The molecule has 3 N–H and O–H groups in total. The van der Waals surface area contributed by atoms with Gasteiger partial charge in [0.05, 0.1) is 18.1 Å². The zero-order chi connectivity index (χ0) is 16.8. The number of carboxylic acid groups (broad SMARTS) is 1. The molecule has 0 unspecified atom stereocenters. The highest BCUT2D eigenvalue weighted by molar-refractivity contribution is 6.32. The summed E-state index contributed by atoms with van der Waals surface area (Å²) in [7, 11) is 2.13. The maximum absolute atomic E-state index is 10.9. The van der Waals surface area contributed by atoms with Crippen LogP contribution < -0.4 is 10.5 Å². The fraction of sp³-hybridized carbons (Fsp3) is 0.588. The molecule has 0 saturated carbocycles. The van der Waals surface area contributed by atoms with Crippen molar-refractivity contribution in [3.05, 3.63) is 28.8 Å². The van der Waals surface area contributed by atoms with Crippen molar-refractivity contribution in [2.75, 3.05) is 33.3 Å². The van der Waals surface area contributed by atoms with Gasteiger partial charge in [-0.25, -0.2) is 0 Å². The van der Waals surface area contributed by atoms with Crippen molar-refractivity contribution >= 4 is 17.6 Å². The van der Waals surface area contributed by atoms with E-state index in [2.05, 4.69) is 11.9 Å². The number of carbonyl (C=O) groups is 1. The molecule has 0 radical (unpaired) electrons. The Bertz CT molecular complexity index is 531. The average Bonchev–Trinajstić information content (AvgIpc) is 2.53. The number of likely N-dealkylation sites (tertiary alicyclic amines) is 1. The summed E-state index contributed by atoms with van der Waals surface area (Å²) in [6, 6.07) is 5.41. The van der Waals surface area contributed by atoms with Crippen LogP contribution >= 0.6 is 11.6 Å². The van der Waals surface area contributed by atoms with Crippen LogP contribution in [0.5, 0.6) is 5.75 Å². The second kappa shape index (κ2) is 8.52. The summed E-state index contributed by atoms with van der Waals surface area (Å²) in [4.78, 5) is 13.3. The molecule has 0 aromatic heterocycles. The van der Waals surface area contributed by atoms with Gasteiger partial charge >= 0.3 is 5.97 Å². The Labute approximate surface area is 142 Å². The van der Waals surface area contributed by atoms with E-state index >= 15 is 0 Å². The number of benzene rings is 1. The number of nitrogens with zero attached hydrogens (tertiary/aromatic N) is 1. The van der Waals surface area contributed by atoms with E-state index in [1.807, 2.05) is 12.1 Å². The third-order valence-electron chi connectivity index (χ3n) is 4.44. The van der Waals surface area contributed by atoms with Gasteiger partial charge in [0.2, 0.25) is 0 Å². The predicted molar refractivity (Wildman–Crippen MR) is 91.2 cm³/mol. The molecule has 1 aliphatic rings.